The first-order valence-electron chi connectivity index (χ1n) is 5.16. The molecule has 1 amide bonds. The molecule has 2 atom stereocenters. The second-order valence-corrected chi connectivity index (χ2v) is 4.94. The van der Waals surface area contributed by atoms with Crippen molar-refractivity contribution >= 4 is 30.1 Å². The first kappa shape index (κ1) is 15.1. The van der Waals surface area contributed by atoms with Crippen LogP contribution in [0.25, 0.3) is 0 Å². The molecule has 1 aliphatic rings. The van der Waals surface area contributed by atoms with Crippen molar-refractivity contribution < 1.29 is 4.79 Å². The predicted molar refractivity (Wildman–Crippen MR) is 68.5 cm³/mol. The average Bonchev–Trinajstić information content (AvgIpc) is 2.65. The molecule has 2 unspecified atom stereocenters. The molecule has 15 heavy (non-hydrogen) atoms. The van der Waals surface area contributed by atoms with Crippen molar-refractivity contribution in [2.75, 3.05) is 31.6 Å². The largest absolute Gasteiger partial charge is 0.342 e. The fourth-order valence-electron chi connectivity index (χ4n) is 1.86. The Labute approximate surface area is 103 Å². The summed E-state index contributed by atoms with van der Waals surface area (Å²) in [5, 5.41) is 0. The van der Waals surface area contributed by atoms with E-state index >= 15 is 0 Å². The van der Waals surface area contributed by atoms with Crippen molar-refractivity contribution in [3.05, 3.63) is 0 Å². The fourth-order valence-corrected chi connectivity index (χ4v) is 2.50. The van der Waals surface area contributed by atoms with Crippen LogP contribution in [0.15, 0.2) is 0 Å². The van der Waals surface area contributed by atoms with Gasteiger partial charge in [0.25, 0.3) is 0 Å². The van der Waals surface area contributed by atoms with E-state index < -0.39 is 0 Å². The molecule has 1 fully saturated rings. The van der Waals surface area contributed by atoms with Crippen molar-refractivity contribution in [2.45, 2.75) is 13.3 Å². The molecule has 0 saturated carbocycles. The summed E-state index contributed by atoms with van der Waals surface area (Å²) < 4.78 is 0. The summed E-state index contributed by atoms with van der Waals surface area (Å²) in [7, 11) is 0. The summed E-state index contributed by atoms with van der Waals surface area (Å²) in [6.07, 6.45) is 3.12. The van der Waals surface area contributed by atoms with Gasteiger partial charge in [0.2, 0.25) is 5.91 Å². The van der Waals surface area contributed by atoms with E-state index in [-0.39, 0.29) is 18.3 Å². The summed E-state index contributed by atoms with van der Waals surface area (Å²) in [4.78, 5) is 13.8. The highest BCUT2D eigenvalue weighted by atomic mass is 35.5. The Morgan fingerprint density at radius 3 is 2.80 bits per heavy atom. The van der Waals surface area contributed by atoms with E-state index in [2.05, 4.69) is 0 Å². The third kappa shape index (κ3) is 4.21. The molecule has 1 rings (SSSR count). The second-order valence-electron chi connectivity index (χ2n) is 4.03. The van der Waals surface area contributed by atoms with Crippen LogP contribution in [0.1, 0.15) is 13.3 Å². The van der Waals surface area contributed by atoms with Gasteiger partial charge in [-0.15, -0.1) is 12.4 Å². The maximum absolute atomic E-state index is 11.9. The predicted octanol–water partition coefficient (Wildman–Crippen LogP) is 1.21. The Balaban J connectivity index is 0.00000196. The third-order valence-corrected chi connectivity index (χ3v) is 3.60. The molecule has 0 bridgehead atoms. The van der Waals surface area contributed by atoms with Crippen LogP contribution in [-0.4, -0.2) is 42.4 Å². The summed E-state index contributed by atoms with van der Waals surface area (Å²) in [5.74, 6) is 1.90. The maximum atomic E-state index is 11.9. The highest BCUT2D eigenvalue weighted by molar-refractivity contribution is 7.98. The number of hydrogen-bond acceptors (Lipinski definition) is 3. The van der Waals surface area contributed by atoms with E-state index in [0.29, 0.717) is 18.4 Å². The number of halogens is 1. The molecule has 0 aromatic heterocycles. The molecule has 1 aliphatic heterocycles. The van der Waals surface area contributed by atoms with Crippen LogP contribution in [0, 0.1) is 11.8 Å². The molecule has 1 heterocycles. The van der Waals surface area contributed by atoms with Crippen molar-refractivity contribution in [1.82, 2.24) is 4.90 Å². The zero-order chi connectivity index (χ0) is 10.6. The average molecular weight is 253 g/mol. The Hall–Kier alpha value is 0.0700. The van der Waals surface area contributed by atoms with Gasteiger partial charge < -0.3 is 10.6 Å². The topological polar surface area (TPSA) is 46.3 Å². The van der Waals surface area contributed by atoms with Crippen LogP contribution >= 0.6 is 24.2 Å². The lowest BCUT2D eigenvalue weighted by molar-refractivity contribution is -0.133. The molecular weight excluding hydrogens is 232 g/mol. The monoisotopic (exact) mass is 252 g/mol. The van der Waals surface area contributed by atoms with E-state index in [9.17, 15) is 4.79 Å². The van der Waals surface area contributed by atoms with Crippen LogP contribution in [0.3, 0.4) is 0 Å². The van der Waals surface area contributed by atoms with E-state index in [1.54, 1.807) is 11.8 Å². The molecule has 3 nitrogen and oxygen atoms in total. The van der Waals surface area contributed by atoms with Gasteiger partial charge in [-0.1, -0.05) is 6.92 Å². The van der Waals surface area contributed by atoms with Gasteiger partial charge >= 0.3 is 0 Å². The zero-order valence-corrected chi connectivity index (χ0v) is 11.1. The first-order chi connectivity index (χ1) is 6.69. The minimum absolute atomic E-state index is 0. The maximum Gasteiger partial charge on any atom is 0.226 e. The molecule has 90 valence electrons. The third-order valence-electron chi connectivity index (χ3n) is 2.77. The highest BCUT2D eigenvalue weighted by Gasteiger charge is 2.27. The number of rotatable bonds is 4. The number of carbonyl (C=O) groups excluding carboxylic acids is 1. The molecule has 0 spiro atoms. The van der Waals surface area contributed by atoms with E-state index in [1.807, 2.05) is 18.1 Å². The normalized spacial score (nSPS) is 22.3. The number of carbonyl (C=O) groups is 1. The Morgan fingerprint density at radius 2 is 2.33 bits per heavy atom. The van der Waals surface area contributed by atoms with Gasteiger partial charge in [0, 0.05) is 24.8 Å². The van der Waals surface area contributed by atoms with E-state index in [4.69, 9.17) is 5.73 Å². The van der Waals surface area contributed by atoms with Crippen molar-refractivity contribution in [3.8, 4) is 0 Å². The number of hydrogen-bond donors (Lipinski definition) is 1. The summed E-state index contributed by atoms with van der Waals surface area (Å²) in [6.45, 7) is 4.49. The quantitative estimate of drug-likeness (QED) is 0.818. The minimum atomic E-state index is 0. The number of thioether (sulfide) groups is 1. The fraction of sp³-hybridized carbons (Fsp3) is 0.900. The molecular formula is C10H21ClN2OS. The number of nitrogens with two attached hydrogens (primary N) is 1. The Bertz CT molecular complexity index is 204. The van der Waals surface area contributed by atoms with Crippen LogP contribution in [0.4, 0.5) is 0 Å². The molecule has 1 saturated heterocycles. The molecule has 0 radical (unpaired) electrons. The second kappa shape index (κ2) is 7.36. The smallest absolute Gasteiger partial charge is 0.226 e. The summed E-state index contributed by atoms with van der Waals surface area (Å²) in [6, 6.07) is 0. The molecule has 0 aromatic carbocycles. The lowest BCUT2D eigenvalue weighted by atomic mass is 10.1. The van der Waals surface area contributed by atoms with Gasteiger partial charge in [0.1, 0.15) is 0 Å². The van der Waals surface area contributed by atoms with Gasteiger partial charge in [-0.3, -0.25) is 4.79 Å². The van der Waals surface area contributed by atoms with Gasteiger partial charge in [-0.05, 0) is 25.1 Å². The van der Waals surface area contributed by atoms with Crippen LogP contribution in [0.5, 0.6) is 0 Å². The molecule has 2 N–H and O–H groups in total. The highest BCUT2D eigenvalue weighted by Crippen LogP contribution is 2.18. The van der Waals surface area contributed by atoms with Gasteiger partial charge in [0.05, 0.1) is 0 Å². The molecule has 0 aliphatic carbocycles. The van der Waals surface area contributed by atoms with E-state index in [0.717, 1.165) is 25.3 Å². The molecule has 0 aromatic rings. The van der Waals surface area contributed by atoms with Crippen LogP contribution < -0.4 is 5.73 Å². The number of amides is 1. The van der Waals surface area contributed by atoms with Gasteiger partial charge in [-0.2, -0.15) is 11.8 Å². The zero-order valence-electron chi connectivity index (χ0n) is 9.44. The summed E-state index contributed by atoms with van der Waals surface area (Å²) >= 11 is 1.73. The van der Waals surface area contributed by atoms with Gasteiger partial charge in [0.15, 0.2) is 0 Å². The van der Waals surface area contributed by atoms with Crippen molar-refractivity contribution in [2.24, 2.45) is 17.6 Å². The first-order valence-corrected chi connectivity index (χ1v) is 6.56. The van der Waals surface area contributed by atoms with Crippen LogP contribution in [0.2, 0.25) is 0 Å². The lowest BCUT2D eigenvalue weighted by Gasteiger charge is -2.20. The van der Waals surface area contributed by atoms with Crippen molar-refractivity contribution in [1.29, 1.82) is 0 Å². The van der Waals surface area contributed by atoms with Gasteiger partial charge in [-0.25, -0.2) is 0 Å². The Kier molecular flexibility index (Phi) is 7.40. The lowest BCUT2D eigenvalue weighted by Crippen LogP contribution is -2.34. The van der Waals surface area contributed by atoms with E-state index in [1.165, 1.54) is 0 Å². The van der Waals surface area contributed by atoms with Crippen molar-refractivity contribution in [3.63, 3.8) is 0 Å². The Morgan fingerprint density at radius 1 is 1.67 bits per heavy atom. The molecule has 5 heteroatoms. The summed E-state index contributed by atoms with van der Waals surface area (Å²) in [5.41, 5.74) is 5.59. The number of nitrogens with zero attached hydrogens (tertiary/aromatic N) is 1. The SMILES string of the molecule is CSCC(C)C(=O)N1CCC(CN)C1.Cl. The van der Waals surface area contributed by atoms with Crippen LogP contribution in [-0.2, 0) is 4.79 Å². The standard InChI is InChI=1S/C10H20N2OS.ClH/c1-8(7-14-2)10(13)12-4-3-9(5-11)6-12;/h8-9H,3-7,11H2,1-2H3;1H. The minimum Gasteiger partial charge on any atom is -0.342 e. The number of likely N-dealkylation sites (tertiary alicyclic amines) is 1.